The summed E-state index contributed by atoms with van der Waals surface area (Å²) in [5.74, 6) is -2.30. The highest BCUT2D eigenvalue weighted by molar-refractivity contribution is 5.92. The van der Waals surface area contributed by atoms with Gasteiger partial charge in [-0.2, -0.15) is 0 Å². The van der Waals surface area contributed by atoms with Crippen LogP contribution in [0.25, 0.3) is 10.9 Å². The number of para-hydroxylation sites is 1. The molecule has 8 heteroatoms. The first-order chi connectivity index (χ1) is 15.8. The topological polar surface area (TPSA) is 137 Å². The van der Waals surface area contributed by atoms with E-state index in [-0.39, 0.29) is 18.8 Å². The SMILES string of the molecule is CC(C)[C@H](N)C(=O)N[C@@H](Cc1ccccc1)C(=O)N[C@@H](Cc1c[nH]c2ccccc12)C(=O)O. The number of hydrogen-bond acceptors (Lipinski definition) is 4. The van der Waals surface area contributed by atoms with Crippen molar-refractivity contribution in [3.05, 3.63) is 71.9 Å². The largest absolute Gasteiger partial charge is 0.480 e. The minimum Gasteiger partial charge on any atom is -0.480 e. The summed E-state index contributed by atoms with van der Waals surface area (Å²) in [6.07, 6.45) is 2.06. The van der Waals surface area contributed by atoms with Crippen LogP contribution in [0.5, 0.6) is 0 Å². The molecule has 0 saturated carbocycles. The average molecular weight is 451 g/mol. The summed E-state index contributed by atoms with van der Waals surface area (Å²) in [6, 6.07) is 13.9. The van der Waals surface area contributed by atoms with E-state index in [4.69, 9.17) is 5.73 Å². The van der Waals surface area contributed by atoms with Crippen LogP contribution in [0.1, 0.15) is 25.0 Å². The summed E-state index contributed by atoms with van der Waals surface area (Å²) in [5.41, 5.74) is 8.46. The Balaban J connectivity index is 1.78. The fourth-order valence-corrected chi connectivity index (χ4v) is 3.62. The number of carbonyl (C=O) groups is 3. The number of nitrogens with two attached hydrogens (primary N) is 1. The fourth-order valence-electron chi connectivity index (χ4n) is 3.62. The number of aromatic nitrogens is 1. The van der Waals surface area contributed by atoms with E-state index in [1.807, 2.05) is 68.4 Å². The molecule has 3 aromatic rings. The number of aromatic amines is 1. The Bertz CT molecular complexity index is 1110. The highest BCUT2D eigenvalue weighted by Gasteiger charge is 2.29. The van der Waals surface area contributed by atoms with E-state index in [0.717, 1.165) is 22.0 Å². The van der Waals surface area contributed by atoms with E-state index >= 15 is 0 Å². The quantitative estimate of drug-likeness (QED) is 0.322. The van der Waals surface area contributed by atoms with E-state index in [9.17, 15) is 19.5 Å². The number of carboxylic acids is 1. The van der Waals surface area contributed by atoms with E-state index in [1.165, 1.54) is 0 Å². The van der Waals surface area contributed by atoms with Gasteiger partial charge in [0.15, 0.2) is 0 Å². The summed E-state index contributed by atoms with van der Waals surface area (Å²) in [6.45, 7) is 3.64. The number of nitrogens with one attached hydrogen (secondary N) is 3. The zero-order valence-electron chi connectivity index (χ0n) is 18.7. The van der Waals surface area contributed by atoms with Crippen molar-refractivity contribution in [1.82, 2.24) is 15.6 Å². The molecule has 2 aromatic carbocycles. The van der Waals surface area contributed by atoms with E-state index in [1.54, 1.807) is 6.20 Å². The van der Waals surface area contributed by atoms with Gasteiger partial charge in [-0.1, -0.05) is 62.4 Å². The van der Waals surface area contributed by atoms with E-state index in [0.29, 0.717) is 0 Å². The van der Waals surface area contributed by atoms with Gasteiger partial charge in [0.2, 0.25) is 11.8 Å². The lowest BCUT2D eigenvalue weighted by atomic mass is 10.0. The maximum absolute atomic E-state index is 13.1. The standard InChI is InChI=1S/C25H30N4O4/c1-15(2)22(26)24(31)28-20(12-16-8-4-3-5-9-16)23(30)29-21(25(32)33)13-17-14-27-19-11-7-6-10-18(17)19/h3-11,14-15,20-22,27H,12-13,26H2,1-2H3,(H,28,31)(H,29,30)(H,32,33)/t20-,21-,22-/m0/s1. The van der Waals surface area contributed by atoms with Crippen molar-refractivity contribution < 1.29 is 19.5 Å². The molecule has 174 valence electrons. The van der Waals surface area contributed by atoms with Crippen LogP contribution in [0, 0.1) is 5.92 Å². The molecular weight excluding hydrogens is 420 g/mol. The van der Waals surface area contributed by atoms with Crippen molar-refractivity contribution in [2.75, 3.05) is 0 Å². The summed E-state index contributed by atoms with van der Waals surface area (Å²) >= 11 is 0. The Morgan fingerprint density at radius 3 is 2.21 bits per heavy atom. The number of fused-ring (bicyclic) bond motifs is 1. The molecule has 0 aliphatic heterocycles. The van der Waals surface area contributed by atoms with Crippen LogP contribution >= 0.6 is 0 Å². The molecular formula is C25H30N4O4. The minimum atomic E-state index is -1.16. The first kappa shape index (κ1) is 24.0. The van der Waals surface area contributed by atoms with E-state index in [2.05, 4.69) is 15.6 Å². The summed E-state index contributed by atoms with van der Waals surface area (Å²) in [4.78, 5) is 40.8. The van der Waals surface area contributed by atoms with Gasteiger partial charge in [0.25, 0.3) is 0 Å². The molecule has 3 atom stereocenters. The molecule has 0 aliphatic rings. The lowest BCUT2D eigenvalue weighted by Gasteiger charge is -2.24. The molecule has 0 bridgehead atoms. The Kier molecular flexibility index (Phi) is 7.84. The highest BCUT2D eigenvalue weighted by atomic mass is 16.4. The van der Waals surface area contributed by atoms with Crippen molar-refractivity contribution >= 4 is 28.7 Å². The van der Waals surface area contributed by atoms with Crippen LogP contribution < -0.4 is 16.4 Å². The number of amides is 2. The van der Waals surface area contributed by atoms with Crippen molar-refractivity contribution in [3.63, 3.8) is 0 Å². The summed E-state index contributed by atoms with van der Waals surface area (Å²) in [5, 5.41) is 16.0. The normalized spacial score (nSPS) is 13.9. The van der Waals surface area contributed by atoms with Gasteiger partial charge in [-0.25, -0.2) is 4.79 Å². The minimum absolute atomic E-state index is 0.0998. The monoisotopic (exact) mass is 450 g/mol. The molecule has 0 spiro atoms. The Morgan fingerprint density at radius 1 is 0.909 bits per heavy atom. The van der Waals surface area contributed by atoms with Crippen LogP contribution in [0.3, 0.4) is 0 Å². The van der Waals surface area contributed by atoms with Gasteiger partial charge in [-0.15, -0.1) is 0 Å². The zero-order valence-corrected chi connectivity index (χ0v) is 18.7. The molecule has 8 nitrogen and oxygen atoms in total. The van der Waals surface area contributed by atoms with Gasteiger partial charge < -0.3 is 26.5 Å². The van der Waals surface area contributed by atoms with E-state index < -0.39 is 35.9 Å². The second-order valence-electron chi connectivity index (χ2n) is 8.48. The molecule has 0 fully saturated rings. The lowest BCUT2D eigenvalue weighted by molar-refractivity contribution is -0.142. The molecule has 1 heterocycles. The summed E-state index contributed by atoms with van der Waals surface area (Å²) in [7, 11) is 0. The summed E-state index contributed by atoms with van der Waals surface area (Å²) < 4.78 is 0. The molecule has 3 rings (SSSR count). The van der Waals surface area contributed by atoms with Crippen LogP contribution in [0.15, 0.2) is 60.8 Å². The fraction of sp³-hybridized carbons (Fsp3) is 0.320. The maximum atomic E-state index is 13.1. The van der Waals surface area contributed by atoms with Crippen molar-refractivity contribution in [2.24, 2.45) is 11.7 Å². The number of carbonyl (C=O) groups excluding carboxylic acids is 2. The van der Waals surface area contributed by atoms with Gasteiger partial charge >= 0.3 is 5.97 Å². The lowest BCUT2D eigenvalue weighted by Crippen LogP contribution is -2.56. The van der Waals surface area contributed by atoms with Crippen LogP contribution in [-0.4, -0.2) is 46.0 Å². The molecule has 2 amide bonds. The van der Waals surface area contributed by atoms with Gasteiger partial charge in [-0.05, 0) is 23.1 Å². The second kappa shape index (κ2) is 10.8. The second-order valence-corrected chi connectivity index (χ2v) is 8.48. The average Bonchev–Trinajstić information content (AvgIpc) is 3.21. The molecule has 0 saturated heterocycles. The number of carboxylic acid groups (broad SMARTS) is 1. The van der Waals surface area contributed by atoms with Crippen LogP contribution in [-0.2, 0) is 27.2 Å². The smallest absolute Gasteiger partial charge is 0.326 e. The number of aliphatic carboxylic acids is 1. The molecule has 33 heavy (non-hydrogen) atoms. The molecule has 1 aromatic heterocycles. The van der Waals surface area contributed by atoms with Gasteiger partial charge in [0.05, 0.1) is 6.04 Å². The predicted octanol–water partition coefficient (Wildman–Crippen LogP) is 1.99. The first-order valence-corrected chi connectivity index (χ1v) is 10.9. The van der Waals surface area contributed by atoms with Gasteiger partial charge in [0, 0.05) is 29.9 Å². The van der Waals surface area contributed by atoms with Gasteiger partial charge in [0.1, 0.15) is 12.1 Å². The molecule has 0 radical (unpaired) electrons. The third-order valence-corrected chi connectivity index (χ3v) is 5.65. The van der Waals surface area contributed by atoms with Crippen molar-refractivity contribution in [2.45, 2.75) is 44.8 Å². The number of rotatable bonds is 10. The first-order valence-electron chi connectivity index (χ1n) is 10.9. The molecule has 6 N–H and O–H groups in total. The van der Waals surface area contributed by atoms with Gasteiger partial charge in [-0.3, -0.25) is 9.59 Å². The molecule has 0 unspecified atom stereocenters. The number of benzene rings is 2. The maximum Gasteiger partial charge on any atom is 0.326 e. The third kappa shape index (κ3) is 6.20. The zero-order chi connectivity index (χ0) is 24.0. The van der Waals surface area contributed by atoms with Crippen molar-refractivity contribution in [3.8, 4) is 0 Å². The van der Waals surface area contributed by atoms with Crippen LogP contribution in [0.2, 0.25) is 0 Å². The highest BCUT2D eigenvalue weighted by Crippen LogP contribution is 2.19. The Hall–Kier alpha value is -3.65. The van der Waals surface area contributed by atoms with Crippen LogP contribution in [0.4, 0.5) is 0 Å². The number of hydrogen-bond donors (Lipinski definition) is 5. The Morgan fingerprint density at radius 2 is 1.55 bits per heavy atom. The predicted molar refractivity (Wildman–Crippen MR) is 126 cm³/mol. The number of H-pyrrole nitrogens is 1. The Labute approximate surface area is 192 Å². The molecule has 0 aliphatic carbocycles. The van der Waals surface area contributed by atoms with Crippen molar-refractivity contribution in [1.29, 1.82) is 0 Å². The third-order valence-electron chi connectivity index (χ3n) is 5.65.